The molecule has 0 spiro atoms. The number of fused-ring (bicyclic) bond motifs is 1. The number of anilines is 3. The average molecular weight is 605 g/mol. The number of carbonyl (C=O) groups is 4. The molecule has 1 aromatic rings. The molecule has 0 saturated carbocycles. The highest BCUT2D eigenvalue weighted by Crippen LogP contribution is 2.30. The molecule has 15 nitrogen and oxygen atoms in total. The predicted molar refractivity (Wildman–Crippen MR) is 157 cm³/mol. The smallest absolute Gasteiger partial charge is 0.410 e. The van der Waals surface area contributed by atoms with Crippen LogP contribution < -0.4 is 14.7 Å². The second-order valence-electron chi connectivity index (χ2n) is 10.5. The van der Waals surface area contributed by atoms with Gasteiger partial charge in [-0.1, -0.05) is 0 Å². The first-order valence-corrected chi connectivity index (χ1v) is 15.3. The molecule has 1 aromatic heterocycles. The fourth-order valence-corrected chi connectivity index (χ4v) is 5.71. The fraction of sp³-hybridized carbons (Fsp3) is 0.750. The van der Waals surface area contributed by atoms with Gasteiger partial charge in [0.25, 0.3) is 5.91 Å². The Morgan fingerprint density at radius 3 is 2.02 bits per heavy atom. The number of esters is 1. The van der Waals surface area contributed by atoms with Gasteiger partial charge in [0.05, 0.1) is 6.04 Å². The summed E-state index contributed by atoms with van der Waals surface area (Å²) in [5.41, 5.74) is 0. The number of amides is 2. The lowest BCUT2D eigenvalue weighted by Gasteiger charge is -2.38. The van der Waals surface area contributed by atoms with E-state index in [1.165, 1.54) is 4.90 Å². The van der Waals surface area contributed by atoms with E-state index in [1.807, 2.05) is 4.90 Å². The third kappa shape index (κ3) is 7.08. The van der Waals surface area contributed by atoms with Gasteiger partial charge in [0, 0.05) is 65.5 Å². The second kappa shape index (κ2) is 14.6. The maximum Gasteiger partial charge on any atom is 0.410 e. The molecule has 0 bridgehead atoms. The number of aromatic nitrogens is 3. The maximum absolute atomic E-state index is 12.9. The molecule has 3 atom stereocenters. The Bertz CT molecular complexity index is 1120. The van der Waals surface area contributed by atoms with Gasteiger partial charge in [-0.2, -0.15) is 15.0 Å². The molecule has 0 aliphatic carbocycles. The lowest BCUT2D eigenvalue weighted by atomic mass is 9.95. The molecule has 3 fully saturated rings. The van der Waals surface area contributed by atoms with Crippen molar-refractivity contribution >= 4 is 41.6 Å². The summed E-state index contributed by atoms with van der Waals surface area (Å²) in [6, 6.07) is -0.524. The Kier molecular flexibility index (Phi) is 10.9. The number of ether oxygens (including phenoxy) is 3. The van der Waals surface area contributed by atoms with Crippen LogP contribution in [0.3, 0.4) is 0 Å². The Morgan fingerprint density at radius 1 is 0.860 bits per heavy atom. The highest BCUT2D eigenvalue weighted by Gasteiger charge is 2.52. The van der Waals surface area contributed by atoms with Crippen molar-refractivity contribution in [3.05, 3.63) is 0 Å². The molecule has 15 heteroatoms. The third-order valence-corrected chi connectivity index (χ3v) is 8.11. The number of hydrogen-bond donors (Lipinski definition) is 0. The van der Waals surface area contributed by atoms with E-state index < -0.39 is 48.6 Å². The maximum atomic E-state index is 12.9. The molecule has 238 valence electrons. The number of hydrogen-bond acceptors (Lipinski definition) is 13. The van der Waals surface area contributed by atoms with Gasteiger partial charge in [-0.05, 0) is 47.5 Å². The van der Waals surface area contributed by atoms with E-state index in [1.54, 1.807) is 11.8 Å². The van der Waals surface area contributed by atoms with E-state index in [0.717, 1.165) is 26.2 Å². The Hall–Kier alpha value is -3.75. The van der Waals surface area contributed by atoms with Crippen molar-refractivity contribution in [3.8, 4) is 0 Å². The Balaban J connectivity index is 1.33. The van der Waals surface area contributed by atoms with Crippen molar-refractivity contribution in [3.63, 3.8) is 0 Å². The lowest BCUT2D eigenvalue weighted by molar-refractivity contribution is -0.178. The summed E-state index contributed by atoms with van der Waals surface area (Å²) >= 11 is 0. The summed E-state index contributed by atoms with van der Waals surface area (Å²) in [5, 5.41) is 0. The number of ketones is 1. The van der Waals surface area contributed by atoms with E-state index >= 15 is 0 Å². The molecule has 3 unspecified atom stereocenters. The molecule has 4 heterocycles. The second-order valence-corrected chi connectivity index (χ2v) is 10.5. The minimum atomic E-state index is -1.29. The van der Waals surface area contributed by atoms with Crippen molar-refractivity contribution in [2.24, 2.45) is 0 Å². The number of piperazine rings is 1. The van der Waals surface area contributed by atoms with E-state index in [9.17, 15) is 19.2 Å². The molecule has 3 aliphatic rings. The zero-order valence-electron chi connectivity index (χ0n) is 25.9. The first kappa shape index (κ1) is 32.2. The van der Waals surface area contributed by atoms with Crippen LogP contribution >= 0.6 is 0 Å². The van der Waals surface area contributed by atoms with Crippen molar-refractivity contribution in [1.29, 1.82) is 0 Å². The van der Waals surface area contributed by atoms with Gasteiger partial charge in [-0.25, -0.2) is 9.59 Å². The Morgan fingerprint density at radius 2 is 1.47 bits per heavy atom. The lowest BCUT2D eigenvalue weighted by Crippen LogP contribution is -2.62. The van der Waals surface area contributed by atoms with Crippen LogP contribution in [0.2, 0.25) is 0 Å². The van der Waals surface area contributed by atoms with Gasteiger partial charge in [-0.3, -0.25) is 9.59 Å². The van der Waals surface area contributed by atoms with E-state index in [-0.39, 0.29) is 6.61 Å². The number of nitrogens with zero attached hydrogens (tertiary/aromatic N) is 8. The predicted octanol–water partition coefficient (Wildman–Crippen LogP) is 0.713. The van der Waals surface area contributed by atoms with Crippen molar-refractivity contribution in [2.75, 3.05) is 86.8 Å². The molecule has 2 amide bonds. The number of rotatable bonds is 12. The van der Waals surface area contributed by atoms with Gasteiger partial charge in [0.1, 0.15) is 0 Å². The number of Topliss-reactive ketones (excluding diaryl/α,β-unsaturated/α-hetero) is 1. The van der Waals surface area contributed by atoms with Crippen LogP contribution in [0.15, 0.2) is 0 Å². The average Bonchev–Trinajstić information content (AvgIpc) is 3.52. The molecule has 43 heavy (non-hydrogen) atoms. The van der Waals surface area contributed by atoms with Crippen LogP contribution in [0.5, 0.6) is 0 Å². The number of piperidine rings is 1. The molecule has 3 aliphatic heterocycles. The van der Waals surface area contributed by atoms with Gasteiger partial charge in [-0.15, -0.1) is 0 Å². The summed E-state index contributed by atoms with van der Waals surface area (Å²) in [6.07, 6.45) is -1.83. The highest BCUT2D eigenvalue weighted by molar-refractivity contribution is 6.09. The monoisotopic (exact) mass is 604 g/mol. The van der Waals surface area contributed by atoms with Crippen molar-refractivity contribution < 1.29 is 33.4 Å². The molecular formula is C28H44N8O7. The van der Waals surface area contributed by atoms with E-state index in [0.29, 0.717) is 63.4 Å². The van der Waals surface area contributed by atoms with Crippen LogP contribution in [0.25, 0.3) is 0 Å². The zero-order valence-corrected chi connectivity index (χ0v) is 25.9. The minimum absolute atomic E-state index is 0.174. The van der Waals surface area contributed by atoms with Crippen LogP contribution in [0.1, 0.15) is 47.5 Å². The van der Waals surface area contributed by atoms with Gasteiger partial charge < -0.3 is 38.7 Å². The van der Waals surface area contributed by atoms with E-state index in [4.69, 9.17) is 29.2 Å². The SMILES string of the molecule is CCOC1C(=O)C(OC(=O)COC(=O)N2CCN(c3nc(N(CC)CC)nc(N(CC)CC)n3)CC2)C2CCCN2C1=O. The first-order valence-electron chi connectivity index (χ1n) is 15.3. The summed E-state index contributed by atoms with van der Waals surface area (Å²) in [6.45, 7) is 14.6. The topological polar surface area (TPSA) is 151 Å². The molecule has 0 radical (unpaired) electrons. The van der Waals surface area contributed by atoms with Crippen molar-refractivity contribution in [2.45, 2.75) is 65.7 Å². The zero-order chi connectivity index (χ0) is 31.1. The van der Waals surface area contributed by atoms with Crippen LogP contribution in [-0.2, 0) is 28.6 Å². The van der Waals surface area contributed by atoms with Crippen LogP contribution in [0, 0.1) is 0 Å². The van der Waals surface area contributed by atoms with Crippen LogP contribution in [-0.4, -0.2) is 139 Å². The molecule has 0 N–H and O–H groups in total. The summed E-state index contributed by atoms with van der Waals surface area (Å²) in [7, 11) is 0. The third-order valence-electron chi connectivity index (χ3n) is 8.11. The summed E-state index contributed by atoms with van der Waals surface area (Å²) in [4.78, 5) is 74.4. The summed E-state index contributed by atoms with van der Waals surface area (Å²) < 4.78 is 16.1. The van der Waals surface area contributed by atoms with Gasteiger partial charge >= 0.3 is 12.1 Å². The highest BCUT2D eigenvalue weighted by atomic mass is 16.6. The van der Waals surface area contributed by atoms with Crippen LogP contribution in [0.4, 0.5) is 22.6 Å². The standard InChI is InChI=1S/C28H44N8O7/c1-6-32(7-2)25-29-26(33(8-3)9-4)31-27(30-25)34-14-16-35(17-15-34)28(40)42-18-20(37)43-22-19-12-11-13-36(19)24(39)23(21(22)38)41-10-5/h19,22-23H,6-18H2,1-5H3. The molecule has 4 rings (SSSR count). The molecular weight excluding hydrogens is 560 g/mol. The molecule has 0 aromatic carbocycles. The van der Waals surface area contributed by atoms with Crippen molar-refractivity contribution in [1.82, 2.24) is 24.8 Å². The fourth-order valence-electron chi connectivity index (χ4n) is 5.71. The first-order chi connectivity index (χ1) is 20.8. The quantitative estimate of drug-likeness (QED) is 0.244. The number of carbonyl (C=O) groups excluding carboxylic acids is 4. The normalized spacial score (nSPS) is 22.0. The molecule has 3 saturated heterocycles. The van der Waals surface area contributed by atoms with Gasteiger partial charge in [0.15, 0.2) is 18.8 Å². The Labute approximate surface area is 252 Å². The van der Waals surface area contributed by atoms with Gasteiger partial charge in [0.2, 0.25) is 23.6 Å². The summed E-state index contributed by atoms with van der Waals surface area (Å²) in [5.74, 6) is -0.0229. The largest absolute Gasteiger partial charge is 0.449 e. The minimum Gasteiger partial charge on any atom is -0.449 e. The van der Waals surface area contributed by atoms with E-state index in [2.05, 4.69) is 37.5 Å².